The van der Waals surface area contributed by atoms with Crippen molar-refractivity contribution in [2.75, 3.05) is 6.61 Å². The quantitative estimate of drug-likeness (QED) is 0.665. The van der Waals surface area contributed by atoms with Gasteiger partial charge in [0.15, 0.2) is 0 Å². The number of ether oxygens (including phenoxy) is 1. The normalized spacial score (nSPS) is 11.6. The molecular formula is C18H15F3N2O3S. The topological polar surface area (TPSA) is 64.1 Å². The third-order valence-corrected chi connectivity index (χ3v) is 4.99. The molecule has 5 nitrogen and oxygen atoms in total. The van der Waals surface area contributed by atoms with E-state index in [9.17, 15) is 22.8 Å². The molecule has 3 aromatic rings. The van der Waals surface area contributed by atoms with Gasteiger partial charge in [0.05, 0.1) is 17.9 Å². The van der Waals surface area contributed by atoms with Crippen molar-refractivity contribution in [3.05, 3.63) is 62.2 Å². The summed E-state index contributed by atoms with van der Waals surface area (Å²) in [5.41, 5.74) is 0.255. The number of esters is 1. The molecule has 0 amide bonds. The number of para-hydroxylation sites is 1. The van der Waals surface area contributed by atoms with E-state index in [1.807, 2.05) is 0 Å². The maximum atomic E-state index is 13.2. The Hall–Kier alpha value is -2.81. The highest BCUT2D eigenvalue weighted by atomic mass is 32.1. The van der Waals surface area contributed by atoms with Crippen LogP contribution in [0, 0.1) is 6.92 Å². The second-order valence-corrected chi connectivity index (χ2v) is 6.71. The van der Waals surface area contributed by atoms with Gasteiger partial charge in [-0.1, -0.05) is 18.2 Å². The van der Waals surface area contributed by atoms with Crippen molar-refractivity contribution in [2.45, 2.75) is 20.0 Å². The van der Waals surface area contributed by atoms with Crippen molar-refractivity contribution in [1.29, 1.82) is 0 Å². The Morgan fingerprint density at radius 3 is 2.52 bits per heavy atom. The van der Waals surface area contributed by atoms with Crippen LogP contribution in [-0.4, -0.2) is 22.4 Å². The molecular weight excluding hydrogens is 381 g/mol. The first-order chi connectivity index (χ1) is 12.7. The smallest absolute Gasteiger partial charge is 0.425 e. The van der Waals surface area contributed by atoms with Gasteiger partial charge in [-0.2, -0.15) is 13.2 Å². The number of halogens is 3. The molecule has 0 unspecified atom stereocenters. The predicted octanol–water partition coefficient (Wildman–Crippen LogP) is 4.40. The van der Waals surface area contributed by atoms with Gasteiger partial charge in [-0.15, -0.1) is 11.3 Å². The predicted molar refractivity (Wildman–Crippen MR) is 95.4 cm³/mol. The van der Waals surface area contributed by atoms with Crippen LogP contribution in [-0.2, 0) is 10.9 Å². The van der Waals surface area contributed by atoms with Gasteiger partial charge in [-0.05, 0) is 32.0 Å². The number of benzene rings is 1. The van der Waals surface area contributed by atoms with Gasteiger partial charge >= 0.3 is 12.1 Å². The molecule has 1 aromatic carbocycles. The number of hydrogen-bond acceptors (Lipinski definition) is 4. The van der Waals surface area contributed by atoms with E-state index < -0.39 is 22.6 Å². The number of H-pyrrole nitrogens is 1. The molecule has 0 fully saturated rings. The highest BCUT2D eigenvalue weighted by Gasteiger charge is 2.36. The van der Waals surface area contributed by atoms with E-state index in [2.05, 4.69) is 5.10 Å². The average molecular weight is 396 g/mol. The van der Waals surface area contributed by atoms with Gasteiger partial charge in [0.2, 0.25) is 0 Å². The maximum absolute atomic E-state index is 13.2. The second-order valence-electron chi connectivity index (χ2n) is 5.66. The molecule has 0 saturated carbocycles. The number of alkyl halides is 3. The zero-order valence-electron chi connectivity index (χ0n) is 14.4. The van der Waals surface area contributed by atoms with Gasteiger partial charge in [0.1, 0.15) is 9.75 Å². The van der Waals surface area contributed by atoms with Gasteiger partial charge in [-0.25, -0.2) is 9.48 Å². The number of aryl methyl sites for hydroxylation is 1. The van der Waals surface area contributed by atoms with Crippen LogP contribution in [0.4, 0.5) is 13.2 Å². The monoisotopic (exact) mass is 396 g/mol. The first kappa shape index (κ1) is 19.0. The summed E-state index contributed by atoms with van der Waals surface area (Å²) in [5.74, 6) is -0.890. The Bertz CT molecular complexity index is 1030. The lowest BCUT2D eigenvalue weighted by Gasteiger charge is -2.02. The fourth-order valence-corrected chi connectivity index (χ4v) is 3.61. The third kappa shape index (κ3) is 3.55. The molecule has 9 heteroatoms. The summed E-state index contributed by atoms with van der Waals surface area (Å²) in [6.07, 6.45) is -4.63. The Morgan fingerprint density at radius 2 is 1.93 bits per heavy atom. The summed E-state index contributed by atoms with van der Waals surface area (Å²) in [7, 11) is 0. The molecule has 0 radical (unpaired) electrons. The van der Waals surface area contributed by atoms with E-state index in [0.29, 0.717) is 11.4 Å². The van der Waals surface area contributed by atoms with Crippen LogP contribution in [0.1, 0.15) is 27.2 Å². The van der Waals surface area contributed by atoms with Crippen LogP contribution in [0.15, 0.2) is 41.2 Å². The van der Waals surface area contributed by atoms with Crippen LogP contribution >= 0.6 is 11.3 Å². The number of nitrogens with zero attached hydrogens (tertiary/aromatic N) is 1. The van der Waals surface area contributed by atoms with Crippen molar-refractivity contribution in [3.63, 3.8) is 0 Å². The van der Waals surface area contributed by atoms with Gasteiger partial charge in [0, 0.05) is 11.3 Å². The largest absolute Gasteiger partial charge is 0.462 e. The number of hydrogen-bond donors (Lipinski definition) is 1. The summed E-state index contributed by atoms with van der Waals surface area (Å²) in [4.78, 5) is 23.9. The SMILES string of the molecule is CCOC(=O)c1sc(C(F)(F)F)cc1-c1c(C)[nH]n(-c2ccccc2)c1=O. The molecule has 0 atom stereocenters. The first-order valence-electron chi connectivity index (χ1n) is 7.99. The maximum Gasteiger partial charge on any atom is 0.425 e. The van der Waals surface area contributed by atoms with E-state index >= 15 is 0 Å². The van der Waals surface area contributed by atoms with E-state index in [4.69, 9.17) is 4.74 Å². The van der Waals surface area contributed by atoms with Crippen molar-refractivity contribution in [2.24, 2.45) is 0 Å². The fraction of sp³-hybridized carbons (Fsp3) is 0.222. The van der Waals surface area contributed by atoms with Crippen molar-refractivity contribution >= 4 is 17.3 Å². The minimum atomic E-state index is -4.63. The zero-order valence-corrected chi connectivity index (χ0v) is 15.2. The molecule has 0 aliphatic heterocycles. The number of thiophene rings is 1. The standard InChI is InChI=1S/C18H15F3N2O3S/c1-3-26-17(25)15-12(9-13(27-15)18(19,20)21)14-10(2)22-23(16(14)24)11-7-5-4-6-8-11/h4-9,22H,3H2,1-2H3. The van der Waals surface area contributed by atoms with E-state index in [1.165, 1.54) is 4.68 Å². The van der Waals surface area contributed by atoms with Gasteiger partial charge in [0.25, 0.3) is 5.56 Å². The van der Waals surface area contributed by atoms with Crippen LogP contribution in [0.5, 0.6) is 0 Å². The van der Waals surface area contributed by atoms with Crippen molar-refractivity contribution in [3.8, 4) is 16.8 Å². The molecule has 3 rings (SSSR count). The van der Waals surface area contributed by atoms with Crippen molar-refractivity contribution in [1.82, 2.24) is 9.78 Å². The number of rotatable bonds is 4. The average Bonchev–Trinajstić information content (AvgIpc) is 3.17. The van der Waals surface area contributed by atoms with Gasteiger partial charge < -0.3 is 4.74 Å². The molecule has 0 saturated heterocycles. The van der Waals surface area contributed by atoms with Crippen LogP contribution in [0.3, 0.4) is 0 Å². The number of aromatic nitrogens is 2. The minimum Gasteiger partial charge on any atom is -0.462 e. The molecule has 0 spiro atoms. The molecule has 0 aliphatic rings. The lowest BCUT2D eigenvalue weighted by molar-refractivity contribution is -0.134. The highest BCUT2D eigenvalue weighted by molar-refractivity contribution is 7.14. The molecule has 2 aromatic heterocycles. The molecule has 0 aliphatic carbocycles. The van der Waals surface area contributed by atoms with E-state index in [-0.39, 0.29) is 33.9 Å². The summed E-state index contributed by atoms with van der Waals surface area (Å²) in [6, 6.07) is 9.43. The molecule has 1 N–H and O–H groups in total. The first-order valence-corrected chi connectivity index (χ1v) is 8.81. The summed E-state index contributed by atoms with van der Waals surface area (Å²) >= 11 is 0.270. The van der Waals surface area contributed by atoms with Crippen molar-refractivity contribution < 1.29 is 22.7 Å². The lowest BCUT2D eigenvalue weighted by Crippen LogP contribution is -2.16. The summed E-state index contributed by atoms with van der Waals surface area (Å²) < 4.78 is 45.7. The summed E-state index contributed by atoms with van der Waals surface area (Å²) in [5, 5.41) is 2.85. The number of nitrogens with one attached hydrogen (secondary N) is 1. The number of carbonyl (C=O) groups excluding carboxylic acids is 1. The van der Waals surface area contributed by atoms with Crippen LogP contribution < -0.4 is 5.56 Å². The fourth-order valence-electron chi connectivity index (χ4n) is 2.69. The minimum absolute atomic E-state index is 0.00801. The van der Waals surface area contributed by atoms with E-state index in [0.717, 1.165) is 6.07 Å². The third-order valence-electron chi connectivity index (χ3n) is 3.83. The highest BCUT2D eigenvalue weighted by Crippen LogP contribution is 2.40. The lowest BCUT2D eigenvalue weighted by atomic mass is 10.1. The molecule has 27 heavy (non-hydrogen) atoms. The summed E-state index contributed by atoms with van der Waals surface area (Å²) in [6.45, 7) is 3.13. The molecule has 142 valence electrons. The number of aromatic amines is 1. The second kappa shape index (κ2) is 7.07. The van der Waals surface area contributed by atoms with Crippen LogP contribution in [0.25, 0.3) is 16.8 Å². The Labute approximate surface area is 156 Å². The molecule has 0 bridgehead atoms. The van der Waals surface area contributed by atoms with Gasteiger partial charge in [-0.3, -0.25) is 9.89 Å². The Morgan fingerprint density at radius 1 is 1.26 bits per heavy atom. The number of carbonyl (C=O) groups is 1. The Balaban J connectivity index is 2.22. The Kier molecular flexibility index (Phi) is 4.97. The zero-order chi connectivity index (χ0) is 19.8. The van der Waals surface area contributed by atoms with E-state index in [1.54, 1.807) is 44.2 Å². The molecule has 2 heterocycles. The van der Waals surface area contributed by atoms with Crippen LogP contribution in [0.2, 0.25) is 0 Å².